The minimum absolute atomic E-state index is 0.238. The third-order valence-electron chi connectivity index (χ3n) is 3.18. The molecule has 0 aromatic heterocycles. The van der Waals surface area contributed by atoms with Gasteiger partial charge >= 0.3 is 6.09 Å². The van der Waals surface area contributed by atoms with E-state index in [-0.39, 0.29) is 6.09 Å². The topological polar surface area (TPSA) is 38.8 Å². The molecule has 1 fully saturated rings. The predicted molar refractivity (Wildman–Crippen MR) is 81.2 cm³/mol. The zero-order valence-corrected chi connectivity index (χ0v) is 13.9. The smallest absolute Gasteiger partial charge is 0.410 e. The van der Waals surface area contributed by atoms with Crippen molar-refractivity contribution in [2.75, 3.05) is 20.2 Å². The van der Waals surface area contributed by atoms with Gasteiger partial charge in [0.05, 0.1) is 11.6 Å². The second-order valence-corrected chi connectivity index (χ2v) is 6.83. The Bertz CT molecular complexity index is 504. The number of carbonyl (C=O) groups is 1. The highest BCUT2D eigenvalue weighted by Gasteiger charge is 2.34. The molecule has 4 nitrogen and oxygen atoms in total. The van der Waals surface area contributed by atoms with Crippen molar-refractivity contribution in [1.82, 2.24) is 4.90 Å². The average Bonchev–Trinajstić information content (AvgIpc) is 2.26. The van der Waals surface area contributed by atoms with Gasteiger partial charge in [0.1, 0.15) is 11.4 Å². The second kappa shape index (κ2) is 5.64. The van der Waals surface area contributed by atoms with Gasteiger partial charge in [-0.25, -0.2) is 4.79 Å². The van der Waals surface area contributed by atoms with Crippen molar-refractivity contribution in [1.29, 1.82) is 0 Å². The van der Waals surface area contributed by atoms with E-state index in [1.54, 1.807) is 12.0 Å². The Morgan fingerprint density at radius 3 is 2.55 bits per heavy atom. The highest BCUT2D eigenvalue weighted by atomic mass is 79.9. The van der Waals surface area contributed by atoms with Crippen LogP contribution in [0.15, 0.2) is 22.7 Å². The van der Waals surface area contributed by atoms with Crippen LogP contribution in [0.4, 0.5) is 4.79 Å². The number of likely N-dealkylation sites (tertiary alicyclic amines) is 1. The van der Waals surface area contributed by atoms with Gasteiger partial charge in [-0.05, 0) is 54.4 Å². The number of amides is 1. The molecule has 0 aliphatic carbocycles. The average molecular weight is 342 g/mol. The maximum atomic E-state index is 11.9. The summed E-state index contributed by atoms with van der Waals surface area (Å²) in [6.07, 6.45) is -0.238. The van der Waals surface area contributed by atoms with E-state index in [9.17, 15) is 4.79 Å². The lowest BCUT2D eigenvalue weighted by molar-refractivity contribution is 0.00819. The second-order valence-electron chi connectivity index (χ2n) is 5.98. The highest BCUT2D eigenvalue weighted by Crippen LogP contribution is 2.33. The van der Waals surface area contributed by atoms with Crippen LogP contribution in [0, 0.1) is 0 Å². The van der Waals surface area contributed by atoms with Crippen molar-refractivity contribution in [3.63, 3.8) is 0 Å². The van der Waals surface area contributed by atoms with Crippen LogP contribution in [0.2, 0.25) is 0 Å². The highest BCUT2D eigenvalue weighted by molar-refractivity contribution is 9.10. The van der Waals surface area contributed by atoms with E-state index in [0.29, 0.717) is 19.0 Å². The summed E-state index contributed by atoms with van der Waals surface area (Å²) in [5, 5.41) is 0. The molecule has 0 atom stereocenters. The van der Waals surface area contributed by atoms with Crippen LogP contribution in [0.25, 0.3) is 0 Å². The van der Waals surface area contributed by atoms with Crippen molar-refractivity contribution in [3.8, 4) is 5.75 Å². The molecule has 1 saturated heterocycles. The zero-order chi connectivity index (χ0) is 14.9. The van der Waals surface area contributed by atoms with Crippen molar-refractivity contribution in [2.24, 2.45) is 0 Å². The van der Waals surface area contributed by atoms with Gasteiger partial charge in [0.15, 0.2) is 0 Å². The van der Waals surface area contributed by atoms with Gasteiger partial charge in [0, 0.05) is 19.0 Å². The molecule has 0 N–H and O–H groups in total. The Hall–Kier alpha value is -1.23. The lowest BCUT2D eigenvalue weighted by Gasteiger charge is -2.40. The van der Waals surface area contributed by atoms with Crippen LogP contribution in [-0.4, -0.2) is 36.8 Å². The van der Waals surface area contributed by atoms with Crippen molar-refractivity contribution < 1.29 is 14.3 Å². The van der Waals surface area contributed by atoms with Crippen LogP contribution >= 0.6 is 15.9 Å². The Labute approximate surface area is 128 Å². The first-order valence-corrected chi connectivity index (χ1v) is 7.41. The largest absolute Gasteiger partial charge is 0.496 e. The molecule has 0 bridgehead atoms. The fourth-order valence-corrected chi connectivity index (χ4v) is 2.50. The Kier molecular flexibility index (Phi) is 4.28. The van der Waals surface area contributed by atoms with Crippen molar-refractivity contribution in [2.45, 2.75) is 32.3 Å². The molecule has 0 saturated carbocycles. The zero-order valence-electron chi connectivity index (χ0n) is 12.3. The Morgan fingerprint density at radius 2 is 2.00 bits per heavy atom. The minimum Gasteiger partial charge on any atom is -0.496 e. The van der Waals surface area contributed by atoms with Crippen LogP contribution in [-0.2, 0) is 4.74 Å². The van der Waals surface area contributed by atoms with Gasteiger partial charge < -0.3 is 14.4 Å². The lowest BCUT2D eigenvalue weighted by Crippen LogP contribution is -2.50. The summed E-state index contributed by atoms with van der Waals surface area (Å²) in [7, 11) is 1.65. The molecule has 20 heavy (non-hydrogen) atoms. The van der Waals surface area contributed by atoms with Crippen LogP contribution < -0.4 is 4.74 Å². The summed E-state index contributed by atoms with van der Waals surface area (Å²) in [5.41, 5.74) is 0.744. The van der Waals surface area contributed by atoms with Crippen LogP contribution in [0.1, 0.15) is 32.3 Å². The number of benzene rings is 1. The molecular weight excluding hydrogens is 322 g/mol. The molecule has 5 heteroatoms. The van der Waals surface area contributed by atoms with Gasteiger partial charge in [0.25, 0.3) is 0 Å². The molecule has 1 amide bonds. The summed E-state index contributed by atoms with van der Waals surface area (Å²) in [6.45, 7) is 7.02. The van der Waals surface area contributed by atoms with Gasteiger partial charge in [-0.2, -0.15) is 0 Å². The fourth-order valence-electron chi connectivity index (χ4n) is 2.10. The molecule has 1 aliphatic heterocycles. The first kappa shape index (κ1) is 15.2. The van der Waals surface area contributed by atoms with Crippen molar-refractivity contribution in [3.05, 3.63) is 28.2 Å². The maximum absolute atomic E-state index is 11.9. The van der Waals surface area contributed by atoms with Gasteiger partial charge in [-0.1, -0.05) is 6.07 Å². The van der Waals surface area contributed by atoms with E-state index in [0.717, 1.165) is 10.2 Å². The first-order valence-electron chi connectivity index (χ1n) is 6.61. The first-order chi connectivity index (χ1) is 9.30. The number of halogens is 1. The molecule has 0 radical (unpaired) electrons. The molecule has 110 valence electrons. The molecule has 1 aliphatic rings. The number of hydrogen-bond donors (Lipinski definition) is 0. The summed E-state index contributed by atoms with van der Waals surface area (Å²) in [4.78, 5) is 13.6. The molecule has 2 rings (SSSR count). The number of carbonyl (C=O) groups excluding carboxylic acids is 1. The third kappa shape index (κ3) is 3.45. The molecule has 0 unspecified atom stereocenters. The third-order valence-corrected chi connectivity index (χ3v) is 3.83. The van der Waals surface area contributed by atoms with E-state index in [2.05, 4.69) is 22.0 Å². The van der Waals surface area contributed by atoms with Gasteiger partial charge in [0.2, 0.25) is 0 Å². The summed E-state index contributed by atoms with van der Waals surface area (Å²) in [6, 6.07) is 6.05. The van der Waals surface area contributed by atoms with Crippen molar-refractivity contribution >= 4 is 22.0 Å². The summed E-state index contributed by atoms with van der Waals surface area (Å²) in [5.74, 6) is 1.17. The quantitative estimate of drug-likeness (QED) is 0.821. The standard InChI is InChI=1S/C15H20BrNO3/c1-15(2,3)20-14(18)17-8-11(9-17)10-5-6-12(16)13(7-10)19-4/h5-7,11H,8-9H2,1-4H3. The lowest BCUT2D eigenvalue weighted by atomic mass is 9.92. The SMILES string of the molecule is COc1cc(C2CN(C(=O)OC(C)(C)C)C2)ccc1Br. The molecule has 1 heterocycles. The molecule has 0 spiro atoms. The van der Waals surface area contributed by atoms with E-state index >= 15 is 0 Å². The van der Waals surface area contributed by atoms with Gasteiger partial charge in [-0.3, -0.25) is 0 Å². The Balaban J connectivity index is 1.95. The van der Waals surface area contributed by atoms with E-state index in [1.807, 2.05) is 32.9 Å². The number of rotatable bonds is 2. The van der Waals surface area contributed by atoms with E-state index < -0.39 is 5.60 Å². The van der Waals surface area contributed by atoms with Gasteiger partial charge in [-0.15, -0.1) is 0 Å². The Morgan fingerprint density at radius 1 is 1.35 bits per heavy atom. The summed E-state index contributed by atoms with van der Waals surface area (Å²) < 4.78 is 11.6. The number of hydrogen-bond acceptors (Lipinski definition) is 3. The van der Waals surface area contributed by atoms with E-state index in [1.165, 1.54) is 5.56 Å². The maximum Gasteiger partial charge on any atom is 0.410 e. The number of methoxy groups -OCH3 is 1. The fraction of sp³-hybridized carbons (Fsp3) is 0.533. The summed E-state index contributed by atoms with van der Waals surface area (Å²) >= 11 is 3.44. The number of ether oxygens (including phenoxy) is 2. The normalized spacial score (nSPS) is 15.8. The number of nitrogens with zero attached hydrogens (tertiary/aromatic N) is 1. The monoisotopic (exact) mass is 341 g/mol. The van der Waals surface area contributed by atoms with Crippen LogP contribution in [0.3, 0.4) is 0 Å². The minimum atomic E-state index is -0.441. The predicted octanol–water partition coefficient (Wildman–Crippen LogP) is 3.79. The molecular formula is C15H20BrNO3. The van der Waals surface area contributed by atoms with E-state index in [4.69, 9.17) is 9.47 Å². The van der Waals surface area contributed by atoms with Crippen LogP contribution in [0.5, 0.6) is 5.75 Å². The molecule has 1 aromatic rings. The molecule has 1 aromatic carbocycles.